The van der Waals surface area contributed by atoms with Crippen molar-refractivity contribution >= 4 is 33.4 Å². The molecular weight excluding hydrogens is 432 g/mol. The molecule has 6 nitrogen and oxygen atoms in total. The zero-order valence-corrected chi connectivity index (χ0v) is 18.2. The van der Waals surface area contributed by atoms with E-state index in [1.54, 1.807) is 0 Å². The fourth-order valence-corrected chi connectivity index (χ4v) is 3.46. The van der Waals surface area contributed by atoms with E-state index in [0.29, 0.717) is 5.69 Å². The number of carbonyl (C=O) groups excluding carboxylic acids is 2. The molecule has 0 aliphatic rings. The van der Waals surface area contributed by atoms with Crippen molar-refractivity contribution in [3.63, 3.8) is 0 Å². The van der Waals surface area contributed by atoms with Crippen LogP contribution in [0.4, 0.5) is 5.69 Å². The number of hydrogen-bond donors (Lipinski definition) is 2. The van der Waals surface area contributed by atoms with E-state index < -0.39 is 6.04 Å². The molecule has 1 heterocycles. The Balaban J connectivity index is 1.74. The van der Waals surface area contributed by atoms with Gasteiger partial charge in [-0.3, -0.25) is 9.59 Å². The van der Waals surface area contributed by atoms with Gasteiger partial charge in [-0.2, -0.15) is 5.10 Å². The van der Waals surface area contributed by atoms with Crippen molar-refractivity contribution in [3.8, 4) is 5.69 Å². The molecule has 7 heteroatoms. The molecule has 1 unspecified atom stereocenters. The number of nitrogens with one attached hydrogen (secondary N) is 2. The number of aromatic nitrogens is 2. The molecule has 3 rings (SSSR count). The van der Waals surface area contributed by atoms with Gasteiger partial charge in [-0.15, -0.1) is 0 Å². The van der Waals surface area contributed by atoms with Gasteiger partial charge in [0, 0.05) is 22.8 Å². The summed E-state index contributed by atoms with van der Waals surface area (Å²) in [5.41, 5.74) is 4.38. The summed E-state index contributed by atoms with van der Waals surface area (Å²) in [6, 6.07) is 16.7. The first-order valence-corrected chi connectivity index (χ1v) is 10.1. The van der Waals surface area contributed by atoms with Crippen molar-refractivity contribution < 1.29 is 9.59 Å². The van der Waals surface area contributed by atoms with Crippen LogP contribution in [0.3, 0.4) is 0 Å². The van der Waals surface area contributed by atoms with E-state index in [1.807, 2.05) is 73.1 Å². The smallest absolute Gasteiger partial charge is 0.226 e. The molecule has 0 aliphatic carbocycles. The lowest BCUT2D eigenvalue weighted by molar-refractivity contribution is -0.120. The fourth-order valence-electron chi connectivity index (χ4n) is 3.20. The maximum atomic E-state index is 12.7. The summed E-state index contributed by atoms with van der Waals surface area (Å²) in [5.74, 6) is -0.366. The predicted octanol–water partition coefficient (Wildman–Crippen LogP) is 4.46. The molecule has 0 radical (unpaired) electrons. The molecule has 29 heavy (non-hydrogen) atoms. The summed E-state index contributed by atoms with van der Waals surface area (Å²) in [6.45, 7) is 5.38. The van der Waals surface area contributed by atoms with Crippen LogP contribution in [0.2, 0.25) is 0 Å². The Labute approximate surface area is 178 Å². The molecule has 0 saturated heterocycles. The third-order valence-corrected chi connectivity index (χ3v) is 4.95. The van der Waals surface area contributed by atoms with Crippen molar-refractivity contribution in [2.24, 2.45) is 0 Å². The number of rotatable bonds is 6. The minimum atomic E-state index is -0.403. The average molecular weight is 455 g/mol. The molecule has 2 N–H and O–H groups in total. The van der Waals surface area contributed by atoms with Gasteiger partial charge in [0.25, 0.3) is 0 Å². The summed E-state index contributed by atoms with van der Waals surface area (Å²) in [4.78, 5) is 24.3. The molecule has 2 amide bonds. The first-order valence-electron chi connectivity index (χ1n) is 9.28. The Morgan fingerprint density at radius 2 is 1.83 bits per heavy atom. The van der Waals surface area contributed by atoms with Crippen LogP contribution >= 0.6 is 15.9 Å². The van der Waals surface area contributed by atoms with Gasteiger partial charge in [-0.25, -0.2) is 4.68 Å². The minimum Gasteiger partial charge on any atom is -0.349 e. The summed E-state index contributed by atoms with van der Waals surface area (Å²) in [5, 5.41) is 10.3. The van der Waals surface area contributed by atoms with Crippen LogP contribution in [0, 0.1) is 13.8 Å². The standard InChI is InChI=1S/C22H23BrN4O2/c1-14-11-15(2)27(26-14)20-6-4-5-19(12-20)25-22(29)13-21(24-16(3)28)17-7-9-18(23)10-8-17/h4-12,21H,13H2,1-3H3,(H,24,28)(H,25,29). The molecule has 0 saturated carbocycles. The number of carbonyl (C=O) groups is 2. The van der Waals surface area contributed by atoms with Crippen LogP contribution < -0.4 is 10.6 Å². The molecule has 0 fully saturated rings. The van der Waals surface area contributed by atoms with E-state index in [1.165, 1.54) is 6.92 Å². The summed E-state index contributed by atoms with van der Waals surface area (Å²) < 4.78 is 2.78. The van der Waals surface area contributed by atoms with Gasteiger partial charge < -0.3 is 10.6 Å². The minimum absolute atomic E-state index is 0.130. The highest BCUT2D eigenvalue weighted by atomic mass is 79.9. The van der Waals surface area contributed by atoms with Gasteiger partial charge in [0.2, 0.25) is 11.8 Å². The van der Waals surface area contributed by atoms with Crippen LogP contribution in [0.5, 0.6) is 0 Å². The van der Waals surface area contributed by atoms with Crippen LogP contribution in [-0.2, 0) is 9.59 Å². The number of anilines is 1. The van der Waals surface area contributed by atoms with Crippen molar-refractivity contribution in [1.29, 1.82) is 0 Å². The molecule has 2 aromatic carbocycles. The fraction of sp³-hybridized carbons (Fsp3) is 0.227. The Morgan fingerprint density at radius 1 is 1.10 bits per heavy atom. The number of aryl methyl sites for hydroxylation is 2. The number of halogens is 1. The van der Waals surface area contributed by atoms with Gasteiger partial charge in [-0.1, -0.05) is 34.1 Å². The zero-order chi connectivity index (χ0) is 21.0. The normalized spacial score (nSPS) is 11.7. The van der Waals surface area contributed by atoms with Crippen molar-refractivity contribution in [2.75, 3.05) is 5.32 Å². The van der Waals surface area contributed by atoms with E-state index in [-0.39, 0.29) is 18.2 Å². The molecule has 1 atom stereocenters. The third kappa shape index (κ3) is 5.54. The van der Waals surface area contributed by atoms with Crippen LogP contribution in [-0.4, -0.2) is 21.6 Å². The molecular formula is C22H23BrN4O2. The topological polar surface area (TPSA) is 76.0 Å². The van der Waals surface area contributed by atoms with Gasteiger partial charge in [-0.05, 0) is 55.8 Å². The second-order valence-electron chi connectivity index (χ2n) is 6.95. The summed E-state index contributed by atoms with van der Waals surface area (Å²) in [6.07, 6.45) is 0.130. The summed E-state index contributed by atoms with van der Waals surface area (Å²) in [7, 11) is 0. The first-order chi connectivity index (χ1) is 13.8. The summed E-state index contributed by atoms with van der Waals surface area (Å²) >= 11 is 3.40. The van der Waals surface area contributed by atoms with Gasteiger partial charge >= 0.3 is 0 Å². The number of amides is 2. The van der Waals surface area contributed by atoms with Crippen molar-refractivity contribution in [3.05, 3.63) is 76.0 Å². The van der Waals surface area contributed by atoms with Crippen molar-refractivity contribution in [1.82, 2.24) is 15.1 Å². The van der Waals surface area contributed by atoms with Crippen LogP contribution in [0.15, 0.2) is 59.1 Å². The van der Waals surface area contributed by atoms with Crippen LogP contribution in [0.1, 0.15) is 36.3 Å². The largest absolute Gasteiger partial charge is 0.349 e. The second-order valence-corrected chi connectivity index (χ2v) is 7.86. The Morgan fingerprint density at radius 3 is 2.45 bits per heavy atom. The molecule has 150 valence electrons. The lowest BCUT2D eigenvalue weighted by Crippen LogP contribution is -2.29. The van der Waals surface area contributed by atoms with E-state index in [2.05, 4.69) is 31.7 Å². The highest BCUT2D eigenvalue weighted by Crippen LogP contribution is 2.22. The average Bonchev–Trinajstić information content (AvgIpc) is 3.00. The van der Waals surface area contributed by atoms with Gasteiger partial charge in [0.05, 0.1) is 23.8 Å². The quantitative estimate of drug-likeness (QED) is 0.577. The highest BCUT2D eigenvalue weighted by molar-refractivity contribution is 9.10. The predicted molar refractivity (Wildman–Crippen MR) is 117 cm³/mol. The van der Waals surface area contributed by atoms with E-state index in [9.17, 15) is 9.59 Å². The Kier molecular flexibility index (Phi) is 6.49. The molecule has 0 aliphatic heterocycles. The van der Waals surface area contributed by atoms with E-state index in [4.69, 9.17) is 0 Å². The molecule has 0 bridgehead atoms. The van der Waals surface area contributed by atoms with Crippen molar-refractivity contribution in [2.45, 2.75) is 33.2 Å². The van der Waals surface area contributed by atoms with Crippen LogP contribution in [0.25, 0.3) is 5.69 Å². The zero-order valence-electron chi connectivity index (χ0n) is 16.6. The molecule has 1 aromatic heterocycles. The Bertz CT molecular complexity index is 1030. The number of nitrogens with zero attached hydrogens (tertiary/aromatic N) is 2. The maximum absolute atomic E-state index is 12.7. The SMILES string of the molecule is CC(=O)NC(CC(=O)Nc1cccc(-n2nc(C)cc2C)c1)c1ccc(Br)cc1. The molecule has 3 aromatic rings. The van der Waals surface area contributed by atoms with Gasteiger partial charge in [0.1, 0.15) is 0 Å². The second kappa shape index (κ2) is 9.05. The highest BCUT2D eigenvalue weighted by Gasteiger charge is 2.17. The number of benzene rings is 2. The number of hydrogen-bond acceptors (Lipinski definition) is 3. The van der Waals surface area contributed by atoms with E-state index >= 15 is 0 Å². The Hall–Kier alpha value is -2.93. The monoisotopic (exact) mass is 454 g/mol. The first kappa shape index (κ1) is 20.8. The maximum Gasteiger partial charge on any atom is 0.226 e. The lowest BCUT2D eigenvalue weighted by atomic mass is 10.0. The van der Waals surface area contributed by atoms with E-state index in [0.717, 1.165) is 27.1 Å². The third-order valence-electron chi connectivity index (χ3n) is 4.42. The van der Waals surface area contributed by atoms with Gasteiger partial charge in [0.15, 0.2) is 0 Å². The lowest BCUT2D eigenvalue weighted by Gasteiger charge is -2.18. The molecule has 0 spiro atoms.